The number of carbonyl (C=O) groups excluding carboxylic acids is 1. The molecule has 1 atom stereocenters. The van der Waals surface area contributed by atoms with E-state index in [1.54, 1.807) is 6.92 Å². The van der Waals surface area contributed by atoms with Crippen molar-refractivity contribution in [3.63, 3.8) is 0 Å². The molecule has 1 amide bonds. The van der Waals surface area contributed by atoms with Crippen molar-refractivity contribution in [1.29, 1.82) is 0 Å². The van der Waals surface area contributed by atoms with Gasteiger partial charge in [-0.05, 0) is 63.9 Å². The molecular formula is C22H30N2O2. The van der Waals surface area contributed by atoms with Gasteiger partial charge in [-0.15, -0.1) is 0 Å². The number of carbonyl (C=O) groups is 1. The summed E-state index contributed by atoms with van der Waals surface area (Å²) in [5.74, 6) is 0.639. The van der Waals surface area contributed by atoms with E-state index in [4.69, 9.17) is 4.74 Å². The van der Waals surface area contributed by atoms with E-state index in [0.29, 0.717) is 6.54 Å². The standard InChI is InChI=1S/C22H30N2O2/c1-6-24(7-2)20-11-9-19(10-12-20)15-23-22(25)18(5)26-21-13-8-16(3)14-17(21)4/h8-14,18H,6-7,15H2,1-5H3,(H,23,25)/t18-/m0/s1. The second kappa shape index (κ2) is 9.27. The van der Waals surface area contributed by atoms with Gasteiger partial charge in [-0.2, -0.15) is 0 Å². The second-order valence-electron chi connectivity index (χ2n) is 6.59. The summed E-state index contributed by atoms with van der Waals surface area (Å²) < 4.78 is 5.81. The fourth-order valence-corrected chi connectivity index (χ4v) is 2.92. The molecule has 0 unspecified atom stereocenters. The normalized spacial score (nSPS) is 11.7. The van der Waals surface area contributed by atoms with Gasteiger partial charge in [0.2, 0.25) is 0 Å². The van der Waals surface area contributed by atoms with Gasteiger partial charge < -0.3 is 15.0 Å². The minimum Gasteiger partial charge on any atom is -0.481 e. The molecule has 1 N–H and O–H groups in total. The lowest BCUT2D eigenvalue weighted by atomic mass is 10.1. The van der Waals surface area contributed by atoms with Crippen LogP contribution in [0.1, 0.15) is 37.5 Å². The molecule has 0 heterocycles. The van der Waals surface area contributed by atoms with Crippen molar-refractivity contribution in [3.8, 4) is 5.75 Å². The Bertz CT molecular complexity index is 721. The van der Waals surface area contributed by atoms with Gasteiger partial charge in [-0.3, -0.25) is 4.79 Å². The topological polar surface area (TPSA) is 41.6 Å². The van der Waals surface area contributed by atoms with E-state index in [-0.39, 0.29) is 5.91 Å². The van der Waals surface area contributed by atoms with Gasteiger partial charge in [0, 0.05) is 25.3 Å². The number of anilines is 1. The summed E-state index contributed by atoms with van der Waals surface area (Å²) in [7, 11) is 0. The number of aryl methyl sites for hydroxylation is 2. The average molecular weight is 354 g/mol. The summed E-state index contributed by atoms with van der Waals surface area (Å²) in [5, 5.41) is 2.95. The smallest absolute Gasteiger partial charge is 0.261 e. The van der Waals surface area contributed by atoms with Crippen LogP contribution in [0.4, 0.5) is 5.69 Å². The molecular weight excluding hydrogens is 324 g/mol. The van der Waals surface area contributed by atoms with Crippen molar-refractivity contribution in [3.05, 3.63) is 59.2 Å². The zero-order valence-corrected chi connectivity index (χ0v) is 16.5. The first-order valence-corrected chi connectivity index (χ1v) is 9.30. The molecule has 0 fully saturated rings. The van der Waals surface area contributed by atoms with Crippen LogP contribution < -0.4 is 15.0 Å². The van der Waals surface area contributed by atoms with Crippen LogP contribution in [0.15, 0.2) is 42.5 Å². The van der Waals surface area contributed by atoms with Crippen LogP contribution in [-0.4, -0.2) is 25.1 Å². The molecule has 140 valence electrons. The highest BCUT2D eigenvalue weighted by Crippen LogP contribution is 2.20. The minimum atomic E-state index is -0.536. The minimum absolute atomic E-state index is 0.113. The maximum absolute atomic E-state index is 12.3. The van der Waals surface area contributed by atoms with Crippen LogP contribution in [0.3, 0.4) is 0 Å². The van der Waals surface area contributed by atoms with E-state index in [1.165, 1.54) is 11.3 Å². The molecule has 26 heavy (non-hydrogen) atoms. The number of benzene rings is 2. The highest BCUT2D eigenvalue weighted by Gasteiger charge is 2.15. The zero-order valence-electron chi connectivity index (χ0n) is 16.5. The first-order chi connectivity index (χ1) is 12.4. The molecule has 0 saturated heterocycles. The molecule has 4 heteroatoms. The SMILES string of the molecule is CCN(CC)c1ccc(CNC(=O)[C@H](C)Oc2ccc(C)cc2C)cc1. The highest BCUT2D eigenvalue weighted by atomic mass is 16.5. The summed E-state index contributed by atoms with van der Waals surface area (Å²) in [6.45, 7) is 12.6. The first kappa shape index (κ1) is 19.8. The number of amides is 1. The molecule has 0 aromatic heterocycles. The van der Waals surface area contributed by atoms with Crippen LogP contribution in [0.25, 0.3) is 0 Å². The van der Waals surface area contributed by atoms with Crippen LogP contribution >= 0.6 is 0 Å². The van der Waals surface area contributed by atoms with Crippen molar-refractivity contribution in [2.75, 3.05) is 18.0 Å². The highest BCUT2D eigenvalue weighted by molar-refractivity contribution is 5.80. The Hall–Kier alpha value is -2.49. The molecule has 0 aliphatic carbocycles. The second-order valence-corrected chi connectivity index (χ2v) is 6.59. The fourth-order valence-electron chi connectivity index (χ4n) is 2.92. The molecule has 0 spiro atoms. The molecule has 0 aliphatic rings. The Labute approximate surface area is 157 Å². The quantitative estimate of drug-likeness (QED) is 0.771. The van der Waals surface area contributed by atoms with E-state index >= 15 is 0 Å². The molecule has 2 aromatic rings. The summed E-state index contributed by atoms with van der Waals surface area (Å²) in [4.78, 5) is 14.6. The Morgan fingerprint density at radius 2 is 1.73 bits per heavy atom. The monoisotopic (exact) mass is 354 g/mol. The van der Waals surface area contributed by atoms with Crippen molar-refractivity contribution in [2.45, 2.75) is 47.3 Å². The number of rotatable bonds is 8. The maximum atomic E-state index is 12.3. The van der Waals surface area contributed by atoms with Gasteiger partial charge in [-0.1, -0.05) is 29.8 Å². The van der Waals surface area contributed by atoms with Gasteiger partial charge in [0.05, 0.1) is 0 Å². The average Bonchev–Trinajstić information content (AvgIpc) is 2.64. The van der Waals surface area contributed by atoms with Crippen LogP contribution in [0.2, 0.25) is 0 Å². The number of hydrogen-bond donors (Lipinski definition) is 1. The molecule has 0 saturated carbocycles. The molecule has 4 nitrogen and oxygen atoms in total. The predicted molar refractivity (Wildman–Crippen MR) is 108 cm³/mol. The Morgan fingerprint density at radius 1 is 1.08 bits per heavy atom. The summed E-state index contributed by atoms with van der Waals surface area (Å²) >= 11 is 0. The van der Waals surface area contributed by atoms with E-state index < -0.39 is 6.10 Å². The van der Waals surface area contributed by atoms with Crippen LogP contribution in [0, 0.1) is 13.8 Å². The van der Waals surface area contributed by atoms with Crippen LogP contribution in [0.5, 0.6) is 5.75 Å². The third-order valence-electron chi connectivity index (χ3n) is 4.54. The molecule has 0 radical (unpaired) electrons. The number of hydrogen-bond acceptors (Lipinski definition) is 3. The van der Waals surface area contributed by atoms with E-state index in [0.717, 1.165) is 30.0 Å². The summed E-state index contributed by atoms with van der Waals surface area (Å²) in [5.41, 5.74) is 4.50. The Kier molecular flexibility index (Phi) is 7.07. The molecule has 0 aliphatic heterocycles. The maximum Gasteiger partial charge on any atom is 0.261 e. The van der Waals surface area contributed by atoms with Gasteiger partial charge >= 0.3 is 0 Å². The lowest BCUT2D eigenvalue weighted by Gasteiger charge is -2.21. The Balaban J connectivity index is 1.89. The van der Waals surface area contributed by atoms with Crippen molar-refractivity contribution >= 4 is 11.6 Å². The zero-order chi connectivity index (χ0) is 19.1. The van der Waals surface area contributed by atoms with Crippen molar-refractivity contribution < 1.29 is 9.53 Å². The van der Waals surface area contributed by atoms with E-state index in [9.17, 15) is 4.79 Å². The third kappa shape index (κ3) is 5.25. The number of ether oxygens (including phenoxy) is 1. The lowest BCUT2D eigenvalue weighted by molar-refractivity contribution is -0.127. The number of nitrogens with one attached hydrogen (secondary N) is 1. The van der Waals surface area contributed by atoms with Crippen molar-refractivity contribution in [2.24, 2.45) is 0 Å². The summed E-state index contributed by atoms with van der Waals surface area (Å²) in [6.07, 6.45) is -0.536. The molecule has 0 bridgehead atoms. The van der Waals surface area contributed by atoms with E-state index in [2.05, 4.69) is 54.4 Å². The van der Waals surface area contributed by atoms with Gasteiger partial charge in [0.1, 0.15) is 5.75 Å². The van der Waals surface area contributed by atoms with E-state index in [1.807, 2.05) is 26.0 Å². The third-order valence-corrected chi connectivity index (χ3v) is 4.54. The molecule has 2 aromatic carbocycles. The van der Waals surface area contributed by atoms with Gasteiger partial charge in [0.25, 0.3) is 5.91 Å². The van der Waals surface area contributed by atoms with Crippen molar-refractivity contribution in [1.82, 2.24) is 5.32 Å². The predicted octanol–water partition coefficient (Wildman–Crippen LogP) is 4.23. The van der Waals surface area contributed by atoms with Gasteiger partial charge in [-0.25, -0.2) is 0 Å². The molecule has 2 rings (SSSR count). The largest absolute Gasteiger partial charge is 0.481 e. The number of nitrogens with zero attached hydrogens (tertiary/aromatic N) is 1. The van der Waals surface area contributed by atoms with Crippen LogP contribution in [-0.2, 0) is 11.3 Å². The lowest BCUT2D eigenvalue weighted by Crippen LogP contribution is -2.36. The summed E-state index contributed by atoms with van der Waals surface area (Å²) in [6, 6.07) is 14.3. The Morgan fingerprint density at radius 3 is 2.31 bits per heavy atom. The van der Waals surface area contributed by atoms with Gasteiger partial charge in [0.15, 0.2) is 6.10 Å². The first-order valence-electron chi connectivity index (χ1n) is 9.30. The fraction of sp³-hybridized carbons (Fsp3) is 0.409.